The number of hydrogen-bond acceptors (Lipinski definition) is 5. The second-order valence-electron chi connectivity index (χ2n) is 5.29. The summed E-state index contributed by atoms with van der Waals surface area (Å²) in [4.78, 5) is 10.9. The highest BCUT2D eigenvalue weighted by Crippen LogP contribution is 2.32. The van der Waals surface area contributed by atoms with Gasteiger partial charge in [0.1, 0.15) is 5.69 Å². The van der Waals surface area contributed by atoms with Gasteiger partial charge in [0.2, 0.25) is 5.82 Å². The number of nitrogens with one attached hydrogen (secondary N) is 1. The molecule has 0 saturated carbocycles. The first-order valence-corrected chi connectivity index (χ1v) is 6.97. The summed E-state index contributed by atoms with van der Waals surface area (Å²) in [5, 5.41) is 27.9. The molecule has 7 heteroatoms. The summed E-state index contributed by atoms with van der Waals surface area (Å²) in [5.74, 6) is 0.413. The second kappa shape index (κ2) is 6.69. The first-order chi connectivity index (χ1) is 9.38. The number of aromatic nitrogens is 2. The highest BCUT2D eigenvalue weighted by atomic mass is 16.6. The fourth-order valence-corrected chi connectivity index (χ4v) is 2.17. The molecule has 0 aromatic carbocycles. The van der Waals surface area contributed by atoms with E-state index in [1.807, 2.05) is 20.8 Å². The number of rotatable bonds is 8. The fraction of sp³-hybridized carbons (Fsp3) is 0.769. The Morgan fingerprint density at radius 1 is 1.50 bits per heavy atom. The number of aliphatic hydroxyl groups excluding tert-OH is 1. The van der Waals surface area contributed by atoms with Gasteiger partial charge in [-0.25, -0.2) is 4.68 Å². The largest absolute Gasteiger partial charge is 0.396 e. The maximum Gasteiger partial charge on any atom is 0.334 e. The predicted molar refractivity (Wildman–Crippen MR) is 77.9 cm³/mol. The van der Waals surface area contributed by atoms with Crippen LogP contribution in [0.2, 0.25) is 0 Å². The molecule has 7 nitrogen and oxygen atoms in total. The molecule has 0 aliphatic rings. The van der Waals surface area contributed by atoms with Gasteiger partial charge in [-0.2, -0.15) is 5.10 Å². The molecule has 0 spiro atoms. The lowest BCUT2D eigenvalue weighted by molar-refractivity contribution is -0.384. The van der Waals surface area contributed by atoms with Crippen LogP contribution in [-0.4, -0.2) is 32.0 Å². The van der Waals surface area contributed by atoms with Crippen LogP contribution in [0.25, 0.3) is 0 Å². The third-order valence-corrected chi connectivity index (χ3v) is 3.63. The Morgan fingerprint density at radius 3 is 2.60 bits per heavy atom. The van der Waals surface area contributed by atoms with Crippen LogP contribution in [0.3, 0.4) is 0 Å². The highest BCUT2D eigenvalue weighted by molar-refractivity contribution is 5.61. The topological polar surface area (TPSA) is 93.2 Å². The van der Waals surface area contributed by atoms with Crippen molar-refractivity contribution in [2.45, 2.75) is 52.0 Å². The Morgan fingerprint density at radius 2 is 2.15 bits per heavy atom. The zero-order valence-corrected chi connectivity index (χ0v) is 12.6. The number of nitrogens with zero attached hydrogens (tertiary/aromatic N) is 3. The van der Waals surface area contributed by atoms with Gasteiger partial charge in [-0.1, -0.05) is 20.3 Å². The molecule has 0 fully saturated rings. The van der Waals surface area contributed by atoms with Gasteiger partial charge in [-0.3, -0.25) is 10.1 Å². The van der Waals surface area contributed by atoms with E-state index in [-0.39, 0.29) is 17.2 Å². The van der Waals surface area contributed by atoms with Crippen molar-refractivity contribution in [3.63, 3.8) is 0 Å². The summed E-state index contributed by atoms with van der Waals surface area (Å²) in [6, 6.07) is 0. The fourth-order valence-electron chi connectivity index (χ4n) is 2.17. The van der Waals surface area contributed by atoms with Crippen molar-refractivity contribution in [3.05, 3.63) is 15.8 Å². The van der Waals surface area contributed by atoms with E-state index in [4.69, 9.17) is 5.11 Å². The van der Waals surface area contributed by atoms with Gasteiger partial charge in [-0.05, 0) is 26.2 Å². The molecule has 114 valence electrons. The van der Waals surface area contributed by atoms with E-state index in [0.29, 0.717) is 24.4 Å². The number of nitro groups is 1. The summed E-state index contributed by atoms with van der Waals surface area (Å²) < 4.78 is 1.52. The molecule has 20 heavy (non-hydrogen) atoms. The van der Waals surface area contributed by atoms with Crippen molar-refractivity contribution in [1.82, 2.24) is 9.78 Å². The molecule has 1 aromatic heterocycles. The van der Waals surface area contributed by atoms with Crippen molar-refractivity contribution >= 4 is 11.5 Å². The van der Waals surface area contributed by atoms with Crippen LogP contribution in [0.1, 0.15) is 45.7 Å². The third kappa shape index (κ3) is 3.47. The van der Waals surface area contributed by atoms with Gasteiger partial charge in [-0.15, -0.1) is 0 Å². The van der Waals surface area contributed by atoms with E-state index in [1.54, 1.807) is 7.05 Å². The Bertz CT molecular complexity index is 472. The highest BCUT2D eigenvalue weighted by Gasteiger charge is 2.31. The monoisotopic (exact) mass is 284 g/mol. The van der Waals surface area contributed by atoms with Crippen molar-refractivity contribution in [2.75, 3.05) is 11.9 Å². The summed E-state index contributed by atoms with van der Waals surface area (Å²) in [6.07, 6.45) is 2.65. The van der Waals surface area contributed by atoms with Crippen LogP contribution < -0.4 is 5.32 Å². The van der Waals surface area contributed by atoms with Crippen LogP contribution in [-0.2, 0) is 13.5 Å². The molecule has 0 amide bonds. The van der Waals surface area contributed by atoms with Gasteiger partial charge < -0.3 is 10.4 Å². The quantitative estimate of drug-likeness (QED) is 0.564. The average molecular weight is 284 g/mol. The minimum absolute atomic E-state index is 0.0325. The van der Waals surface area contributed by atoms with Gasteiger partial charge in [0.15, 0.2) is 0 Å². The molecule has 0 radical (unpaired) electrons. The Hall–Kier alpha value is -1.63. The molecular weight excluding hydrogens is 260 g/mol. The van der Waals surface area contributed by atoms with Crippen LogP contribution in [0.5, 0.6) is 0 Å². The first-order valence-electron chi connectivity index (χ1n) is 6.97. The maximum atomic E-state index is 11.3. The molecule has 0 aliphatic carbocycles. The zero-order chi connectivity index (χ0) is 15.3. The van der Waals surface area contributed by atoms with E-state index in [9.17, 15) is 10.1 Å². The average Bonchev–Trinajstić information content (AvgIpc) is 2.66. The number of aliphatic hydroxyl groups is 1. The van der Waals surface area contributed by atoms with Crippen LogP contribution in [0.4, 0.5) is 11.5 Å². The molecular formula is C13H24N4O3. The molecule has 1 atom stereocenters. The van der Waals surface area contributed by atoms with E-state index < -0.39 is 5.54 Å². The smallest absolute Gasteiger partial charge is 0.334 e. The molecule has 1 unspecified atom stereocenters. The lowest BCUT2D eigenvalue weighted by atomic mass is 9.95. The standard InChI is InChI=1S/C13H24N4O3/c1-5-7-10-11(17(19)20)12(16(4)15-10)14-13(3,6-2)8-9-18/h14,18H,5-9H2,1-4H3. The van der Waals surface area contributed by atoms with Crippen LogP contribution in [0.15, 0.2) is 0 Å². The normalized spacial score (nSPS) is 14.1. The lowest BCUT2D eigenvalue weighted by Gasteiger charge is -2.29. The molecule has 1 aromatic rings. The Balaban J connectivity index is 3.19. The predicted octanol–water partition coefficient (Wildman–Crippen LogP) is 2.24. The van der Waals surface area contributed by atoms with E-state index in [0.717, 1.165) is 12.8 Å². The second-order valence-corrected chi connectivity index (χ2v) is 5.29. The van der Waals surface area contributed by atoms with E-state index >= 15 is 0 Å². The number of aryl methyl sites for hydroxylation is 2. The van der Waals surface area contributed by atoms with E-state index in [2.05, 4.69) is 10.4 Å². The Kier molecular flexibility index (Phi) is 5.50. The van der Waals surface area contributed by atoms with Crippen LogP contribution >= 0.6 is 0 Å². The minimum atomic E-state index is -0.392. The molecule has 0 saturated heterocycles. The van der Waals surface area contributed by atoms with Gasteiger partial charge in [0.25, 0.3) is 0 Å². The summed E-state index contributed by atoms with van der Waals surface area (Å²) in [7, 11) is 1.70. The number of hydrogen-bond donors (Lipinski definition) is 2. The summed E-state index contributed by atoms with van der Waals surface area (Å²) in [5.41, 5.74) is 0.161. The van der Waals surface area contributed by atoms with Gasteiger partial charge >= 0.3 is 5.69 Å². The SMILES string of the molecule is CCCc1nn(C)c(NC(C)(CC)CCO)c1[N+](=O)[O-]. The van der Waals surface area contributed by atoms with Gasteiger partial charge in [0, 0.05) is 19.2 Å². The van der Waals surface area contributed by atoms with E-state index in [1.165, 1.54) is 4.68 Å². The molecule has 2 N–H and O–H groups in total. The molecule has 0 aliphatic heterocycles. The Labute approximate surface area is 119 Å². The molecule has 1 rings (SSSR count). The number of anilines is 1. The zero-order valence-electron chi connectivity index (χ0n) is 12.6. The van der Waals surface area contributed by atoms with Crippen molar-refractivity contribution < 1.29 is 10.0 Å². The first kappa shape index (κ1) is 16.4. The van der Waals surface area contributed by atoms with Crippen molar-refractivity contribution in [2.24, 2.45) is 7.05 Å². The molecule has 0 bridgehead atoms. The minimum Gasteiger partial charge on any atom is -0.396 e. The van der Waals surface area contributed by atoms with Gasteiger partial charge in [0.05, 0.1) is 4.92 Å². The molecule has 1 heterocycles. The van der Waals surface area contributed by atoms with Crippen molar-refractivity contribution in [3.8, 4) is 0 Å². The lowest BCUT2D eigenvalue weighted by Crippen LogP contribution is -2.36. The summed E-state index contributed by atoms with van der Waals surface area (Å²) in [6.45, 7) is 5.93. The van der Waals surface area contributed by atoms with Crippen LogP contribution in [0, 0.1) is 10.1 Å². The van der Waals surface area contributed by atoms with Crippen molar-refractivity contribution in [1.29, 1.82) is 0 Å². The third-order valence-electron chi connectivity index (χ3n) is 3.63. The summed E-state index contributed by atoms with van der Waals surface area (Å²) >= 11 is 0. The maximum absolute atomic E-state index is 11.3.